The van der Waals surface area contributed by atoms with Crippen molar-refractivity contribution in [2.24, 2.45) is 0 Å². The molecule has 8 heteroatoms. The van der Waals surface area contributed by atoms with Gasteiger partial charge in [-0.1, -0.05) is 79.2 Å². The van der Waals surface area contributed by atoms with Gasteiger partial charge in [-0.2, -0.15) is 0 Å². The van der Waals surface area contributed by atoms with Crippen molar-refractivity contribution >= 4 is 22.7 Å². The third kappa shape index (κ3) is 7.55. The molecule has 1 saturated heterocycles. The number of nitrogens with zero attached hydrogens (tertiary/aromatic N) is 5. The van der Waals surface area contributed by atoms with Crippen LogP contribution in [-0.4, -0.2) is 63.8 Å². The van der Waals surface area contributed by atoms with Crippen LogP contribution in [0.1, 0.15) is 30.4 Å². The summed E-state index contributed by atoms with van der Waals surface area (Å²) in [6, 6.07) is 25.2. The van der Waals surface area contributed by atoms with Gasteiger partial charge >= 0.3 is 0 Å². The molecule has 1 aromatic heterocycles. The Morgan fingerprint density at radius 2 is 1.55 bits per heavy atom. The number of unbranched alkanes of at least 4 members (excludes halogenated alkanes) is 2. The summed E-state index contributed by atoms with van der Waals surface area (Å²) in [4.78, 5) is 16.1. The van der Waals surface area contributed by atoms with Crippen molar-refractivity contribution in [3.63, 3.8) is 0 Å². The van der Waals surface area contributed by atoms with Gasteiger partial charge in [0.05, 0.1) is 15.8 Å². The van der Waals surface area contributed by atoms with Crippen molar-refractivity contribution < 1.29 is 9.66 Å². The summed E-state index contributed by atoms with van der Waals surface area (Å²) in [5, 5.41) is 16.7. The zero-order chi connectivity index (χ0) is 27.6. The van der Waals surface area contributed by atoms with E-state index in [2.05, 4.69) is 46.2 Å². The molecule has 0 N–H and O–H groups in total. The van der Waals surface area contributed by atoms with Crippen LogP contribution < -0.4 is 4.74 Å². The Hall–Kier alpha value is -4.01. The predicted molar refractivity (Wildman–Crippen MR) is 159 cm³/mol. The normalized spacial score (nSPS) is 14.7. The first-order chi connectivity index (χ1) is 19.7. The van der Waals surface area contributed by atoms with Gasteiger partial charge in [-0.25, -0.2) is 0 Å². The average Bonchev–Trinajstić information content (AvgIpc) is 3.34. The van der Waals surface area contributed by atoms with Gasteiger partial charge in [0.15, 0.2) is 0 Å². The zero-order valence-corrected chi connectivity index (χ0v) is 22.9. The molecule has 1 aliphatic rings. The molecule has 0 bridgehead atoms. The highest BCUT2D eigenvalue weighted by atomic mass is 16.6. The fourth-order valence-electron chi connectivity index (χ4n) is 5.13. The second kappa shape index (κ2) is 13.9. The Morgan fingerprint density at radius 3 is 2.30 bits per heavy atom. The minimum atomic E-state index is -0.376. The smallest absolute Gasteiger partial charge is 0.270 e. The van der Waals surface area contributed by atoms with Gasteiger partial charge < -0.3 is 9.64 Å². The van der Waals surface area contributed by atoms with Gasteiger partial charge in [0.2, 0.25) is 5.88 Å². The number of benzene rings is 3. The van der Waals surface area contributed by atoms with Gasteiger partial charge in [0, 0.05) is 51.4 Å². The molecule has 0 amide bonds. The number of nitro benzene ring substituents is 1. The lowest BCUT2D eigenvalue weighted by molar-refractivity contribution is -0.384. The zero-order valence-electron chi connectivity index (χ0n) is 22.9. The monoisotopic (exact) mass is 539 g/mol. The fourth-order valence-corrected chi connectivity index (χ4v) is 5.13. The van der Waals surface area contributed by atoms with Crippen LogP contribution in [0.5, 0.6) is 5.88 Å². The van der Waals surface area contributed by atoms with Gasteiger partial charge in [-0.3, -0.25) is 19.7 Å². The van der Waals surface area contributed by atoms with Crippen LogP contribution in [-0.2, 0) is 13.2 Å². The number of hydrogen-bond acceptors (Lipinski definition) is 6. The standard InChI is InChI=1S/C32H37N5O3/c38-37(39)29-16-17-31-30(25-29)32(40-26-28-13-6-2-7-14-28)33-36(31)20-9-3-8-18-34-21-23-35(24-22-34)19-10-15-27-11-4-1-5-12-27/h1-2,4-7,10-17,25H,3,8-9,18-24,26H2/b15-10+. The van der Waals surface area contributed by atoms with E-state index in [1.165, 1.54) is 5.56 Å². The van der Waals surface area contributed by atoms with Crippen molar-refractivity contribution in [1.29, 1.82) is 0 Å². The molecular weight excluding hydrogens is 502 g/mol. The van der Waals surface area contributed by atoms with Crippen molar-refractivity contribution in [3.05, 3.63) is 106 Å². The van der Waals surface area contributed by atoms with E-state index < -0.39 is 0 Å². The maximum absolute atomic E-state index is 11.4. The highest BCUT2D eigenvalue weighted by Crippen LogP contribution is 2.30. The summed E-state index contributed by atoms with van der Waals surface area (Å²) in [5.41, 5.74) is 3.19. The molecule has 3 aromatic carbocycles. The van der Waals surface area contributed by atoms with E-state index in [4.69, 9.17) is 9.84 Å². The van der Waals surface area contributed by atoms with Crippen LogP contribution in [0.3, 0.4) is 0 Å². The number of hydrogen-bond donors (Lipinski definition) is 0. The lowest BCUT2D eigenvalue weighted by atomic mass is 10.2. The molecule has 5 rings (SSSR count). The minimum absolute atomic E-state index is 0.0453. The van der Waals surface area contributed by atoms with Crippen LogP contribution in [0.25, 0.3) is 17.0 Å². The van der Waals surface area contributed by atoms with E-state index in [-0.39, 0.29) is 10.6 Å². The molecule has 0 radical (unpaired) electrons. The Morgan fingerprint density at radius 1 is 0.850 bits per heavy atom. The number of non-ortho nitro benzene ring substituents is 1. The van der Waals surface area contributed by atoms with E-state index in [1.54, 1.807) is 18.2 Å². The first-order valence-electron chi connectivity index (χ1n) is 14.1. The summed E-state index contributed by atoms with van der Waals surface area (Å²) in [6.45, 7) is 7.68. The fraction of sp³-hybridized carbons (Fsp3) is 0.344. The molecule has 4 aromatic rings. The van der Waals surface area contributed by atoms with Crippen molar-refractivity contribution in [2.45, 2.75) is 32.4 Å². The topological polar surface area (TPSA) is 76.7 Å². The lowest BCUT2D eigenvalue weighted by Gasteiger charge is -2.34. The minimum Gasteiger partial charge on any atom is -0.471 e. The molecule has 1 fully saturated rings. The number of fused-ring (bicyclic) bond motifs is 1. The van der Waals surface area contributed by atoms with E-state index in [1.807, 2.05) is 41.1 Å². The summed E-state index contributed by atoms with van der Waals surface area (Å²) in [5.74, 6) is 0.444. The van der Waals surface area contributed by atoms with Crippen LogP contribution >= 0.6 is 0 Å². The second-order valence-corrected chi connectivity index (χ2v) is 10.3. The Bertz CT molecular complexity index is 1400. The lowest BCUT2D eigenvalue weighted by Crippen LogP contribution is -2.46. The molecule has 0 atom stereocenters. The van der Waals surface area contributed by atoms with Gasteiger partial charge in [0.25, 0.3) is 5.69 Å². The maximum Gasteiger partial charge on any atom is 0.270 e. The largest absolute Gasteiger partial charge is 0.471 e. The first kappa shape index (κ1) is 27.6. The molecule has 0 spiro atoms. The SMILES string of the molecule is O=[N+]([O-])c1ccc2c(c1)c(OCc1ccccc1)nn2CCCCCN1CCN(C/C=C/c2ccccc2)CC1. The van der Waals surface area contributed by atoms with E-state index in [0.29, 0.717) is 17.9 Å². The average molecular weight is 540 g/mol. The Balaban J connectivity index is 1.07. The number of aromatic nitrogens is 2. The van der Waals surface area contributed by atoms with Crippen molar-refractivity contribution in [3.8, 4) is 5.88 Å². The third-order valence-corrected chi connectivity index (χ3v) is 7.41. The molecule has 8 nitrogen and oxygen atoms in total. The summed E-state index contributed by atoms with van der Waals surface area (Å²) in [6.07, 6.45) is 7.72. The van der Waals surface area contributed by atoms with Gasteiger partial charge in [0.1, 0.15) is 6.61 Å². The molecule has 1 aliphatic heterocycles. The maximum atomic E-state index is 11.4. The molecule has 0 aliphatic carbocycles. The highest BCUT2D eigenvalue weighted by Gasteiger charge is 2.17. The van der Waals surface area contributed by atoms with Crippen LogP contribution in [0.2, 0.25) is 0 Å². The number of nitro groups is 1. The highest BCUT2D eigenvalue weighted by molar-refractivity contribution is 5.86. The van der Waals surface area contributed by atoms with E-state index in [9.17, 15) is 10.1 Å². The summed E-state index contributed by atoms with van der Waals surface area (Å²) in [7, 11) is 0. The first-order valence-corrected chi connectivity index (χ1v) is 14.1. The molecular formula is C32H37N5O3. The Kier molecular flexibility index (Phi) is 9.55. The molecule has 40 heavy (non-hydrogen) atoms. The number of rotatable bonds is 13. The van der Waals surface area contributed by atoms with E-state index >= 15 is 0 Å². The van der Waals surface area contributed by atoms with E-state index in [0.717, 1.165) is 76.2 Å². The third-order valence-electron chi connectivity index (χ3n) is 7.41. The molecule has 208 valence electrons. The van der Waals surface area contributed by atoms with Crippen LogP contribution in [0, 0.1) is 10.1 Å². The number of ether oxygens (including phenoxy) is 1. The van der Waals surface area contributed by atoms with Gasteiger partial charge in [-0.15, -0.1) is 5.10 Å². The van der Waals surface area contributed by atoms with Crippen molar-refractivity contribution in [1.82, 2.24) is 19.6 Å². The summed E-state index contributed by atoms with van der Waals surface area (Å²) < 4.78 is 7.95. The quantitative estimate of drug-likeness (QED) is 0.117. The number of piperazine rings is 1. The second-order valence-electron chi connectivity index (χ2n) is 10.3. The predicted octanol–water partition coefficient (Wildman–Crippen LogP) is 6.02. The summed E-state index contributed by atoms with van der Waals surface area (Å²) >= 11 is 0. The van der Waals surface area contributed by atoms with Crippen LogP contribution in [0.4, 0.5) is 5.69 Å². The van der Waals surface area contributed by atoms with Gasteiger partial charge in [-0.05, 0) is 36.6 Å². The van der Waals surface area contributed by atoms with Crippen molar-refractivity contribution in [2.75, 3.05) is 39.3 Å². The molecule has 0 unspecified atom stereocenters. The molecule has 2 heterocycles. The van der Waals surface area contributed by atoms with Crippen LogP contribution in [0.15, 0.2) is 84.9 Å². The molecule has 0 saturated carbocycles. The Labute approximate surface area is 235 Å². The number of aryl methyl sites for hydroxylation is 1.